The van der Waals surface area contributed by atoms with E-state index in [0.29, 0.717) is 65.7 Å². The van der Waals surface area contributed by atoms with E-state index < -0.39 is 35.2 Å². The number of amides is 1. The molecule has 424 valence electrons. The van der Waals surface area contributed by atoms with E-state index in [-0.39, 0.29) is 78.4 Å². The lowest BCUT2D eigenvalue weighted by Gasteiger charge is -2.19. The summed E-state index contributed by atoms with van der Waals surface area (Å²) in [7, 11) is 0. The topological polar surface area (TPSA) is 216 Å². The average Bonchev–Trinajstić information content (AvgIpc) is 3.41. The highest BCUT2D eigenvalue weighted by Gasteiger charge is 2.32. The van der Waals surface area contributed by atoms with Crippen LogP contribution in [-0.4, -0.2) is 78.2 Å². The van der Waals surface area contributed by atoms with Crippen LogP contribution in [0.25, 0.3) is 45.0 Å². The number of halogens is 9. The van der Waals surface area contributed by atoms with E-state index in [4.69, 9.17) is 10.5 Å². The molecular weight excluding hydrogens is 1110 g/mol. The third kappa shape index (κ3) is 18.6. The summed E-state index contributed by atoms with van der Waals surface area (Å²) in [5.41, 5.74) is 8.36. The largest absolute Gasteiger partial charge is 0.444 e. The number of carbonyl (C=O) groups excluding carboxylic acids is 1. The highest BCUT2D eigenvalue weighted by molar-refractivity contribution is 5.86. The summed E-state index contributed by atoms with van der Waals surface area (Å²) in [5.74, 6) is 1.50. The van der Waals surface area contributed by atoms with Crippen molar-refractivity contribution in [3.8, 4) is 45.0 Å². The molecule has 0 bridgehead atoms. The summed E-state index contributed by atoms with van der Waals surface area (Å²) < 4.78 is 85.7. The second-order valence-electron chi connectivity index (χ2n) is 18.3. The number of nitrogens with one attached hydrogen (secondary N) is 5. The number of benzene rings is 4. The summed E-state index contributed by atoms with van der Waals surface area (Å²) in [6.07, 6.45) is -6.40. The molecule has 4 aromatic carbocycles. The molecule has 0 aliphatic rings. The molecule has 0 aliphatic heterocycles. The van der Waals surface area contributed by atoms with Crippen LogP contribution in [0, 0.1) is 0 Å². The molecular formula is C55H59Cl3F6N14O2. The van der Waals surface area contributed by atoms with Crippen LogP contribution < -0.4 is 32.3 Å². The van der Waals surface area contributed by atoms with Gasteiger partial charge in [-0.15, -0.1) is 57.6 Å². The van der Waals surface area contributed by atoms with Gasteiger partial charge in [0, 0.05) is 60.8 Å². The van der Waals surface area contributed by atoms with Crippen LogP contribution in [0.2, 0.25) is 0 Å². The molecule has 1 amide bonds. The number of anilines is 4. The van der Waals surface area contributed by atoms with E-state index >= 15 is 0 Å². The Morgan fingerprint density at radius 1 is 0.550 bits per heavy atom. The molecule has 4 heterocycles. The number of rotatable bonds is 17. The summed E-state index contributed by atoms with van der Waals surface area (Å²) in [6, 6.07) is 36.0. The molecule has 0 fully saturated rings. The molecule has 25 heteroatoms. The first-order chi connectivity index (χ1) is 36.7. The predicted octanol–water partition coefficient (Wildman–Crippen LogP) is 13.2. The Kier molecular flexibility index (Phi) is 23.7. The Bertz CT molecular complexity index is 3240. The number of hydrogen-bond donors (Lipinski definition) is 6. The first-order valence-electron chi connectivity index (χ1n) is 24.3. The van der Waals surface area contributed by atoms with E-state index in [1.807, 2.05) is 74.5 Å². The summed E-state index contributed by atoms with van der Waals surface area (Å²) in [5, 5.41) is 32.1. The number of alkyl carbamates (subject to hydrolysis) is 1. The third-order valence-corrected chi connectivity index (χ3v) is 11.2. The molecule has 4 aromatic heterocycles. The van der Waals surface area contributed by atoms with Crippen molar-refractivity contribution in [1.82, 2.24) is 45.6 Å². The van der Waals surface area contributed by atoms with Crippen LogP contribution in [-0.2, 0) is 17.1 Å². The average molecular weight is 1170 g/mol. The standard InChI is InChI=1S/C30H32F3N7O2.C25H24F3N7.3ClH/c1-19(20-9-6-5-7-10-20)37-27-35-14-13-24(38-27)23-18-25(34-15-16-36-28(41)42-29(2,3)4)39-40-26(23)21-11-8-12-22(17-21)30(31,32)33;1-16(17-6-3-2-4-7-17)32-24-31-12-10-21(33-24)20-15-22(30-13-11-29)34-35-23(20)18-8-5-9-19(14-18)25(26,27)28;;;/h5-14,17-19H,15-16H2,1-4H3,(H,34,39)(H,36,41)(H,35,37,38);2-10,12,14-16H,11,13,29H2,1H3,(H,30,34)(H,31,32,33);3*1H/t19-;16-;;;/m00.../s1. The fourth-order valence-electron chi connectivity index (χ4n) is 7.52. The van der Waals surface area contributed by atoms with E-state index in [1.165, 1.54) is 12.1 Å². The maximum atomic E-state index is 13.5. The summed E-state index contributed by atoms with van der Waals surface area (Å²) >= 11 is 0. The van der Waals surface area contributed by atoms with Gasteiger partial charge in [0.15, 0.2) is 0 Å². The number of alkyl halides is 6. The molecule has 2 atom stereocenters. The minimum Gasteiger partial charge on any atom is -0.444 e. The van der Waals surface area contributed by atoms with E-state index in [0.717, 1.165) is 35.4 Å². The first kappa shape index (κ1) is 64.6. The fraction of sp³-hybridized carbons (Fsp3) is 0.255. The summed E-state index contributed by atoms with van der Waals surface area (Å²) in [4.78, 5) is 29.8. The Labute approximate surface area is 477 Å². The van der Waals surface area contributed by atoms with Crippen LogP contribution in [0.1, 0.15) is 69.0 Å². The molecule has 8 aromatic rings. The van der Waals surface area contributed by atoms with Crippen molar-refractivity contribution >= 4 is 66.8 Å². The van der Waals surface area contributed by atoms with Gasteiger partial charge in [0.25, 0.3) is 0 Å². The molecule has 0 radical (unpaired) electrons. The number of carbonyl (C=O) groups is 1. The van der Waals surface area contributed by atoms with Crippen LogP contribution in [0.4, 0.5) is 54.7 Å². The zero-order valence-corrected chi connectivity index (χ0v) is 46.3. The van der Waals surface area contributed by atoms with Gasteiger partial charge in [-0.05, 0) is 94.3 Å². The quantitative estimate of drug-likeness (QED) is 0.0369. The Balaban J connectivity index is 0.000000337. The van der Waals surface area contributed by atoms with Crippen molar-refractivity contribution in [2.45, 2.75) is 64.7 Å². The van der Waals surface area contributed by atoms with Crippen molar-refractivity contribution in [2.75, 3.05) is 47.4 Å². The van der Waals surface area contributed by atoms with Crippen LogP contribution >= 0.6 is 37.2 Å². The van der Waals surface area contributed by atoms with Gasteiger partial charge < -0.3 is 37.1 Å². The Morgan fingerprint density at radius 3 is 1.38 bits per heavy atom. The van der Waals surface area contributed by atoms with Gasteiger partial charge in [-0.1, -0.05) is 84.9 Å². The molecule has 0 unspecified atom stereocenters. The molecule has 0 saturated heterocycles. The lowest BCUT2D eigenvalue weighted by atomic mass is 10.0. The molecule has 0 saturated carbocycles. The van der Waals surface area contributed by atoms with Crippen molar-refractivity contribution in [1.29, 1.82) is 0 Å². The highest BCUT2D eigenvalue weighted by atomic mass is 35.5. The smallest absolute Gasteiger partial charge is 0.416 e. The highest BCUT2D eigenvalue weighted by Crippen LogP contribution is 2.37. The van der Waals surface area contributed by atoms with E-state index in [9.17, 15) is 31.1 Å². The maximum Gasteiger partial charge on any atom is 0.416 e. The van der Waals surface area contributed by atoms with Crippen molar-refractivity contribution in [2.24, 2.45) is 5.73 Å². The van der Waals surface area contributed by atoms with E-state index in [1.54, 1.807) is 69.6 Å². The van der Waals surface area contributed by atoms with Crippen LogP contribution in [0.3, 0.4) is 0 Å². The number of nitrogens with zero attached hydrogens (tertiary/aromatic N) is 8. The van der Waals surface area contributed by atoms with Gasteiger partial charge in [-0.2, -0.15) is 26.3 Å². The molecule has 0 spiro atoms. The van der Waals surface area contributed by atoms with E-state index in [2.05, 4.69) is 66.9 Å². The monoisotopic (exact) mass is 1170 g/mol. The Morgan fingerprint density at radius 2 is 0.975 bits per heavy atom. The van der Waals surface area contributed by atoms with Gasteiger partial charge in [-0.3, -0.25) is 0 Å². The van der Waals surface area contributed by atoms with Crippen molar-refractivity contribution in [3.63, 3.8) is 0 Å². The van der Waals surface area contributed by atoms with Crippen molar-refractivity contribution < 1.29 is 35.9 Å². The van der Waals surface area contributed by atoms with Crippen molar-refractivity contribution in [3.05, 3.63) is 168 Å². The first-order valence-corrected chi connectivity index (χ1v) is 24.3. The van der Waals surface area contributed by atoms with Gasteiger partial charge in [-0.25, -0.2) is 24.7 Å². The second kappa shape index (κ2) is 29.3. The van der Waals surface area contributed by atoms with Gasteiger partial charge >= 0.3 is 18.4 Å². The summed E-state index contributed by atoms with van der Waals surface area (Å²) in [6.45, 7) is 10.6. The lowest BCUT2D eigenvalue weighted by molar-refractivity contribution is -0.138. The second-order valence-corrected chi connectivity index (χ2v) is 18.3. The molecule has 7 N–H and O–H groups in total. The van der Waals surface area contributed by atoms with Gasteiger partial charge in [0.2, 0.25) is 11.9 Å². The number of ether oxygens (including phenoxy) is 1. The third-order valence-electron chi connectivity index (χ3n) is 11.2. The van der Waals surface area contributed by atoms with Gasteiger partial charge in [0.05, 0.1) is 34.6 Å². The van der Waals surface area contributed by atoms with Crippen LogP contribution in [0.5, 0.6) is 0 Å². The molecule has 0 aliphatic carbocycles. The predicted molar refractivity (Wildman–Crippen MR) is 306 cm³/mol. The molecule has 16 nitrogen and oxygen atoms in total. The number of hydrogen-bond acceptors (Lipinski definition) is 15. The van der Waals surface area contributed by atoms with Gasteiger partial charge in [0.1, 0.15) is 28.6 Å². The minimum absolute atomic E-state index is 0. The number of aromatic nitrogens is 8. The fourth-order valence-corrected chi connectivity index (χ4v) is 7.52. The van der Waals surface area contributed by atoms with Crippen LogP contribution in [0.15, 0.2) is 146 Å². The SMILES string of the molecule is C[C@H](Nc1nccc(-c2cc(NCCN)nnc2-c2cccc(C(F)(F)F)c2)n1)c1ccccc1.C[C@H](Nc1nccc(-c2cc(NCCNC(=O)OC(C)(C)C)nnc2-c2cccc(C(F)(F)F)c2)n1)c1ccccc1.Cl.Cl.Cl. The zero-order valence-electron chi connectivity index (χ0n) is 43.8. The zero-order chi connectivity index (χ0) is 55.2. The maximum absolute atomic E-state index is 13.5. The normalized spacial score (nSPS) is 11.8. The molecule has 8 rings (SSSR count). The lowest BCUT2D eigenvalue weighted by Crippen LogP contribution is -2.35. The Hall–Kier alpha value is -7.92. The number of nitrogens with two attached hydrogens (primary N) is 1. The molecule has 80 heavy (non-hydrogen) atoms. The minimum atomic E-state index is -4.52.